The van der Waals surface area contributed by atoms with Crippen LogP contribution in [0.4, 0.5) is 4.39 Å². The standard InChI is InChI=1S/C16H17BrFNS/c1-11(2)19-10-12-9-13(17)3-8-16(12)20-15-6-4-14(18)5-7-15/h3-9,11,19H,10H2,1-2H3. The van der Waals surface area contributed by atoms with E-state index in [1.165, 1.54) is 22.6 Å². The zero-order valence-electron chi connectivity index (χ0n) is 11.5. The van der Waals surface area contributed by atoms with Crippen molar-refractivity contribution in [3.63, 3.8) is 0 Å². The Kier molecular flexibility index (Phi) is 5.64. The van der Waals surface area contributed by atoms with Crippen LogP contribution in [0.2, 0.25) is 0 Å². The molecule has 106 valence electrons. The molecule has 0 amide bonds. The lowest BCUT2D eigenvalue weighted by Crippen LogP contribution is -2.22. The second kappa shape index (κ2) is 7.25. The molecule has 0 heterocycles. The van der Waals surface area contributed by atoms with Gasteiger partial charge < -0.3 is 5.32 Å². The average molecular weight is 354 g/mol. The average Bonchev–Trinajstić information content (AvgIpc) is 2.41. The molecule has 2 aromatic rings. The zero-order valence-corrected chi connectivity index (χ0v) is 13.9. The van der Waals surface area contributed by atoms with Crippen molar-refractivity contribution < 1.29 is 4.39 Å². The van der Waals surface area contributed by atoms with Crippen LogP contribution in [-0.4, -0.2) is 6.04 Å². The molecule has 0 aliphatic carbocycles. The zero-order chi connectivity index (χ0) is 14.5. The second-order valence-corrected chi connectivity index (χ2v) is 6.87. The maximum atomic E-state index is 12.9. The summed E-state index contributed by atoms with van der Waals surface area (Å²) in [6.07, 6.45) is 0. The van der Waals surface area contributed by atoms with E-state index in [1.54, 1.807) is 11.8 Å². The topological polar surface area (TPSA) is 12.0 Å². The molecule has 0 aliphatic heterocycles. The third-order valence-corrected chi connectivity index (χ3v) is 4.38. The molecule has 1 nitrogen and oxygen atoms in total. The van der Waals surface area contributed by atoms with E-state index in [4.69, 9.17) is 0 Å². The predicted molar refractivity (Wildman–Crippen MR) is 86.6 cm³/mol. The Hall–Kier alpha value is -0.840. The van der Waals surface area contributed by atoms with Crippen LogP contribution in [0.1, 0.15) is 19.4 Å². The smallest absolute Gasteiger partial charge is 0.123 e. The molecule has 1 N–H and O–H groups in total. The molecule has 0 unspecified atom stereocenters. The number of hydrogen-bond acceptors (Lipinski definition) is 2. The van der Waals surface area contributed by atoms with Crippen molar-refractivity contribution in [3.05, 3.63) is 58.3 Å². The number of hydrogen-bond donors (Lipinski definition) is 1. The van der Waals surface area contributed by atoms with E-state index in [0.717, 1.165) is 15.9 Å². The van der Waals surface area contributed by atoms with Gasteiger partial charge in [0, 0.05) is 26.9 Å². The molecular weight excluding hydrogens is 337 g/mol. The lowest BCUT2D eigenvalue weighted by atomic mass is 10.2. The first-order chi connectivity index (χ1) is 9.54. The van der Waals surface area contributed by atoms with Crippen LogP contribution >= 0.6 is 27.7 Å². The van der Waals surface area contributed by atoms with Crippen molar-refractivity contribution in [3.8, 4) is 0 Å². The summed E-state index contributed by atoms with van der Waals surface area (Å²) in [6, 6.07) is 13.3. The number of halogens is 2. The van der Waals surface area contributed by atoms with E-state index >= 15 is 0 Å². The summed E-state index contributed by atoms with van der Waals surface area (Å²) in [5, 5.41) is 3.43. The lowest BCUT2D eigenvalue weighted by molar-refractivity contribution is 0.584. The molecule has 4 heteroatoms. The summed E-state index contributed by atoms with van der Waals surface area (Å²) < 4.78 is 14.0. The third-order valence-electron chi connectivity index (χ3n) is 2.76. The third kappa shape index (κ3) is 4.62. The fourth-order valence-electron chi connectivity index (χ4n) is 1.73. The maximum absolute atomic E-state index is 12.9. The highest BCUT2D eigenvalue weighted by Gasteiger charge is 2.06. The summed E-state index contributed by atoms with van der Waals surface area (Å²) in [6.45, 7) is 5.08. The Morgan fingerprint density at radius 3 is 2.50 bits per heavy atom. The minimum Gasteiger partial charge on any atom is -0.310 e. The van der Waals surface area contributed by atoms with Gasteiger partial charge in [0.25, 0.3) is 0 Å². The monoisotopic (exact) mass is 353 g/mol. The molecule has 0 fully saturated rings. The normalized spacial score (nSPS) is 11.1. The highest BCUT2D eigenvalue weighted by molar-refractivity contribution is 9.10. The maximum Gasteiger partial charge on any atom is 0.123 e. The van der Waals surface area contributed by atoms with Crippen molar-refractivity contribution in [1.29, 1.82) is 0 Å². The van der Waals surface area contributed by atoms with Crippen LogP contribution in [0.3, 0.4) is 0 Å². The first-order valence-electron chi connectivity index (χ1n) is 6.50. The summed E-state index contributed by atoms with van der Waals surface area (Å²) >= 11 is 5.17. The molecule has 0 aliphatic rings. The van der Waals surface area contributed by atoms with Gasteiger partial charge in [0.05, 0.1) is 0 Å². The van der Waals surface area contributed by atoms with Crippen molar-refractivity contribution >= 4 is 27.7 Å². The van der Waals surface area contributed by atoms with E-state index in [1.807, 2.05) is 18.2 Å². The highest BCUT2D eigenvalue weighted by Crippen LogP contribution is 2.32. The molecule has 0 aromatic heterocycles. The summed E-state index contributed by atoms with van der Waals surface area (Å²) in [5.41, 5.74) is 1.24. The SMILES string of the molecule is CC(C)NCc1cc(Br)ccc1Sc1ccc(F)cc1. The van der Waals surface area contributed by atoms with E-state index < -0.39 is 0 Å². The first kappa shape index (κ1) is 15.5. The van der Waals surface area contributed by atoms with E-state index in [2.05, 4.69) is 47.2 Å². The molecule has 0 bridgehead atoms. The van der Waals surface area contributed by atoms with Gasteiger partial charge in [-0.3, -0.25) is 0 Å². The van der Waals surface area contributed by atoms with Crippen LogP contribution in [0, 0.1) is 5.82 Å². The van der Waals surface area contributed by atoms with Crippen LogP contribution < -0.4 is 5.32 Å². The van der Waals surface area contributed by atoms with Gasteiger partial charge in [-0.1, -0.05) is 41.5 Å². The van der Waals surface area contributed by atoms with Crippen molar-refractivity contribution in [1.82, 2.24) is 5.32 Å². The van der Waals surface area contributed by atoms with Gasteiger partial charge in [0.1, 0.15) is 5.82 Å². The largest absolute Gasteiger partial charge is 0.310 e. The van der Waals surface area contributed by atoms with E-state index in [9.17, 15) is 4.39 Å². The molecule has 0 saturated heterocycles. The van der Waals surface area contributed by atoms with Crippen molar-refractivity contribution in [2.75, 3.05) is 0 Å². The Labute approximate surface area is 132 Å². The first-order valence-corrected chi connectivity index (χ1v) is 8.11. The van der Waals surface area contributed by atoms with E-state index in [0.29, 0.717) is 6.04 Å². The molecule has 0 spiro atoms. The molecular formula is C16H17BrFNS. The van der Waals surface area contributed by atoms with Crippen molar-refractivity contribution in [2.24, 2.45) is 0 Å². The molecule has 0 atom stereocenters. The number of benzene rings is 2. The Morgan fingerprint density at radius 2 is 1.85 bits per heavy atom. The summed E-state index contributed by atoms with van der Waals surface area (Å²) in [5.74, 6) is -0.202. The Bertz CT molecular complexity index is 569. The van der Waals surface area contributed by atoms with Crippen LogP contribution in [-0.2, 0) is 6.54 Å². The summed E-state index contributed by atoms with van der Waals surface area (Å²) in [7, 11) is 0. The van der Waals surface area contributed by atoms with Gasteiger partial charge in [-0.2, -0.15) is 0 Å². The fourth-order valence-corrected chi connectivity index (χ4v) is 3.06. The minimum absolute atomic E-state index is 0.202. The van der Waals surface area contributed by atoms with Crippen LogP contribution in [0.15, 0.2) is 56.7 Å². The van der Waals surface area contributed by atoms with Gasteiger partial charge in [0.15, 0.2) is 0 Å². The van der Waals surface area contributed by atoms with Gasteiger partial charge in [-0.05, 0) is 48.0 Å². The van der Waals surface area contributed by atoms with Gasteiger partial charge in [-0.25, -0.2) is 4.39 Å². The lowest BCUT2D eigenvalue weighted by Gasteiger charge is -2.13. The molecule has 2 aromatic carbocycles. The predicted octanol–water partition coefficient (Wildman–Crippen LogP) is 5.24. The van der Waals surface area contributed by atoms with E-state index in [-0.39, 0.29) is 5.82 Å². The van der Waals surface area contributed by atoms with Gasteiger partial charge >= 0.3 is 0 Å². The fraction of sp³-hybridized carbons (Fsp3) is 0.250. The Morgan fingerprint density at radius 1 is 1.15 bits per heavy atom. The van der Waals surface area contributed by atoms with Gasteiger partial charge in [0.2, 0.25) is 0 Å². The van der Waals surface area contributed by atoms with Crippen LogP contribution in [0.25, 0.3) is 0 Å². The second-order valence-electron chi connectivity index (χ2n) is 4.84. The minimum atomic E-state index is -0.202. The van der Waals surface area contributed by atoms with Gasteiger partial charge in [-0.15, -0.1) is 0 Å². The summed E-state index contributed by atoms with van der Waals surface area (Å²) in [4.78, 5) is 2.23. The quantitative estimate of drug-likeness (QED) is 0.788. The molecule has 0 radical (unpaired) electrons. The molecule has 2 rings (SSSR count). The Balaban J connectivity index is 2.19. The number of rotatable bonds is 5. The van der Waals surface area contributed by atoms with Crippen LogP contribution in [0.5, 0.6) is 0 Å². The molecule has 20 heavy (non-hydrogen) atoms. The molecule has 0 saturated carbocycles. The highest BCUT2D eigenvalue weighted by atomic mass is 79.9. The number of nitrogens with one attached hydrogen (secondary N) is 1. The van der Waals surface area contributed by atoms with Crippen molar-refractivity contribution in [2.45, 2.75) is 36.2 Å².